The number of nitrogens with one attached hydrogen (secondary N) is 1. The summed E-state index contributed by atoms with van der Waals surface area (Å²) in [5.74, 6) is 1.39. The van der Waals surface area contributed by atoms with Crippen LogP contribution in [0.1, 0.15) is 23.5 Å². The fraction of sp³-hybridized carbons (Fsp3) is 0.154. The second-order valence-corrected chi connectivity index (χ2v) is 8.58. The van der Waals surface area contributed by atoms with Gasteiger partial charge in [0.05, 0.1) is 36.7 Å². The van der Waals surface area contributed by atoms with Gasteiger partial charge in [0, 0.05) is 23.8 Å². The van der Waals surface area contributed by atoms with Crippen LogP contribution in [0.3, 0.4) is 0 Å². The maximum absolute atomic E-state index is 6.50. The zero-order valence-electron chi connectivity index (χ0n) is 18.7. The summed E-state index contributed by atoms with van der Waals surface area (Å²) >= 11 is 12.3. The molecule has 8 heteroatoms. The molecular formula is C26H23ClN4O2S. The summed E-state index contributed by atoms with van der Waals surface area (Å²) in [4.78, 5) is 6.72. The Balaban J connectivity index is 1.68. The zero-order valence-corrected chi connectivity index (χ0v) is 20.3. The molecule has 2 aromatic heterocycles. The highest BCUT2D eigenvalue weighted by Crippen LogP contribution is 2.44. The number of halogens is 1. The lowest BCUT2D eigenvalue weighted by Crippen LogP contribution is -2.30. The van der Waals surface area contributed by atoms with Crippen LogP contribution in [0.2, 0.25) is 5.02 Å². The van der Waals surface area contributed by atoms with Crippen LogP contribution < -0.4 is 19.7 Å². The topological polar surface area (TPSA) is 51.5 Å². The Kier molecular flexibility index (Phi) is 6.13. The van der Waals surface area contributed by atoms with E-state index in [-0.39, 0.29) is 12.1 Å². The van der Waals surface area contributed by atoms with Crippen molar-refractivity contribution in [2.45, 2.75) is 12.1 Å². The van der Waals surface area contributed by atoms with Gasteiger partial charge in [0.25, 0.3) is 0 Å². The van der Waals surface area contributed by atoms with E-state index in [1.54, 1.807) is 20.4 Å². The monoisotopic (exact) mass is 490 g/mol. The molecule has 3 heterocycles. The third kappa shape index (κ3) is 3.87. The molecule has 34 heavy (non-hydrogen) atoms. The van der Waals surface area contributed by atoms with Gasteiger partial charge in [-0.1, -0.05) is 29.8 Å². The van der Waals surface area contributed by atoms with Crippen LogP contribution in [0.4, 0.5) is 5.69 Å². The van der Waals surface area contributed by atoms with Crippen LogP contribution in [0.5, 0.6) is 11.5 Å². The molecule has 172 valence electrons. The maximum atomic E-state index is 6.50. The molecule has 0 radical (unpaired) electrons. The smallest absolute Gasteiger partial charge is 0.174 e. The van der Waals surface area contributed by atoms with Crippen molar-refractivity contribution in [1.82, 2.24) is 14.9 Å². The molecule has 0 saturated carbocycles. The van der Waals surface area contributed by atoms with Gasteiger partial charge >= 0.3 is 0 Å². The molecule has 0 bridgehead atoms. The zero-order chi connectivity index (χ0) is 23.7. The number of aromatic nitrogens is 2. The fourth-order valence-electron chi connectivity index (χ4n) is 4.42. The van der Waals surface area contributed by atoms with Crippen LogP contribution in [-0.2, 0) is 0 Å². The summed E-state index contributed by atoms with van der Waals surface area (Å²) in [5, 5.41) is 4.60. The molecule has 1 N–H and O–H groups in total. The van der Waals surface area contributed by atoms with Gasteiger partial charge in [0.1, 0.15) is 17.5 Å². The lowest BCUT2D eigenvalue weighted by molar-refractivity contribution is 0.412. The van der Waals surface area contributed by atoms with Crippen molar-refractivity contribution in [3.05, 3.63) is 102 Å². The predicted octanol–water partition coefficient (Wildman–Crippen LogP) is 5.72. The number of ether oxygens (including phenoxy) is 2. The second-order valence-electron chi connectivity index (χ2n) is 7.79. The van der Waals surface area contributed by atoms with Crippen molar-refractivity contribution in [3.63, 3.8) is 0 Å². The highest BCUT2D eigenvalue weighted by molar-refractivity contribution is 7.80. The first-order valence-electron chi connectivity index (χ1n) is 10.8. The quantitative estimate of drug-likeness (QED) is 0.349. The number of para-hydroxylation sites is 2. The van der Waals surface area contributed by atoms with E-state index in [9.17, 15) is 0 Å². The van der Waals surface area contributed by atoms with Crippen molar-refractivity contribution in [2.24, 2.45) is 0 Å². The molecule has 6 nitrogen and oxygen atoms in total. The number of rotatable bonds is 6. The van der Waals surface area contributed by atoms with Gasteiger partial charge < -0.3 is 24.3 Å². The van der Waals surface area contributed by atoms with Crippen LogP contribution in [0.25, 0.3) is 5.69 Å². The van der Waals surface area contributed by atoms with Gasteiger partial charge in [0.15, 0.2) is 5.11 Å². The summed E-state index contributed by atoms with van der Waals surface area (Å²) < 4.78 is 13.1. The van der Waals surface area contributed by atoms with Crippen molar-refractivity contribution in [3.8, 4) is 17.2 Å². The predicted molar refractivity (Wildman–Crippen MR) is 138 cm³/mol. The van der Waals surface area contributed by atoms with E-state index in [1.807, 2.05) is 72.9 Å². The molecule has 5 rings (SSSR count). The Hall–Kier alpha value is -3.55. The minimum Gasteiger partial charge on any atom is -0.495 e. The van der Waals surface area contributed by atoms with Crippen LogP contribution in [0.15, 0.2) is 85.2 Å². The minimum absolute atomic E-state index is 0.182. The number of pyridine rings is 1. The van der Waals surface area contributed by atoms with Gasteiger partial charge in [-0.3, -0.25) is 4.98 Å². The van der Waals surface area contributed by atoms with E-state index in [2.05, 4.69) is 25.8 Å². The van der Waals surface area contributed by atoms with E-state index in [0.717, 1.165) is 28.5 Å². The van der Waals surface area contributed by atoms with Crippen LogP contribution in [-0.4, -0.2) is 28.9 Å². The molecule has 0 spiro atoms. The third-order valence-corrected chi connectivity index (χ3v) is 6.55. The van der Waals surface area contributed by atoms with Gasteiger partial charge in [-0.05, 0) is 66.8 Å². The van der Waals surface area contributed by atoms with Gasteiger partial charge in [-0.25, -0.2) is 0 Å². The first-order chi connectivity index (χ1) is 16.6. The third-order valence-electron chi connectivity index (χ3n) is 5.94. The molecule has 1 saturated heterocycles. The van der Waals surface area contributed by atoms with Crippen molar-refractivity contribution >= 4 is 34.6 Å². The maximum Gasteiger partial charge on any atom is 0.174 e. The number of hydrogen-bond acceptors (Lipinski definition) is 4. The molecule has 0 amide bonds. The highest BCUT2D eigenvalue weighted by Gasteiger charge is 2.42. The summed E-state index contributed by atoms with van der Waals surface area (Å²) in [6.07, 6.45) is 3.83. The normalized spacial score (nSPS) is 17.5. The SMILES string of the molecule is COc1ccc(N2C(=S)N[C@H](c3ccccn3)[C@H]2c2cccn2-c2ccccc2OC)cc1Cl. The summed E-state index contributed by atoms with van der Waals surface area (Å²) in [5.41, 5.74) is 3.72. The van der Waals surface area contributed by atoms with E-state index >= 15 is 0 Å². The highest BCUT2D eigenvalue weighted by atomic mass is 35.5. The summed E-state index contributed by atoms with van der Waals surface area (Å²) in [6, 6.07) is 23.3. The van der Waals surface area contributed by atoms with Crippen molar-refractivity contribution in [2.75, 3.05) is 19.1 Å². The minimum atomic E-state index is -0.202. The number of benzene rings is 2. The second kappa shape index (κ2) is 9.37. The van der Waals surface area contributed by atoms with Crippen molar-refractivity contribution < 1.29 is 9.47 Å². The fourth-order valence-corrected chi connectivity index (χ4v) is 5.02. The molecule has 4 aromatic rings. The number of anilines is 1. The number of thiocarbonyl (C=S) groups is 1. The van der Waals surface area contributed by atoms with E-state index in [1.165, 1.54) is 0 Å². The lowest BCUT2D eigenvalue weighted by atomic mass is 10.0. The average Bonchev–Trinajstić information content (AvgIpc) is 3.48. The van der Waals surface area contributed by atoms with Crippen LogP contribution in [0, 0.1) is 0 Å². The molecule has 2 atom stereocenters. The number of nitrogens with zero attached hydrogens (tertiary/aromatic N) is 3. The lowest BCUT2D eigenvalue weighted by Gasteiger charge is -2.29. The van der Waals surface area contributed by atoms with Gasteiger partial charge in [-0.15, -0.1) is 0 Å². The molecule has 1 aliphatic rings. The van der Waals surface area contributed by atoms with E-state index < -0.39 is 0 Å². The molecule has 1 aliphatic heterocycles. The van der Waals surface area contributed by atoms with E-state index in [0.29, 0.717) is 15.9 Å². The average molecular weight is 491 g/mol. The Labute approximate surface area is 208 Å². The molecule has 1 fully saturated rings. The first kappa shape index (κ1) is 22.3. The number of methoxy groups -OCH3 is 2. The first-order valence-corrected chi connectivity index (χ1v) is 11.6. The van der Waals surface area contributed by atoms with Crippen LogP contribution >= 0.6 is 23.8 Å². The molecule has 2 aromatic carbocycles. The molecule has 0 aliphatic carbocycles. The molecular weight excluding hydrogens is 468 g/mol. The van der Waals surface area contributed by atoms with Crippen molar-refractivity contribution in [1.29, 1.82) is 0 Å². The number of hydrogen-bond donors (Lipinski definition) is 1. The Morgan fingerprint density at radius 3 is 2.47 bits per heavy atom. The molecule has 0 unspecified atom stereocenters. The standard InChI is InChI=1S/C26H23ClN4O2S/c1-32-22-13-12-17(16-18(22)27)31-25(24(29-26(31)34)19-8-5-6-14-28-19)21-10-7-15-30(21)20-9-3-4-11-23(20)33-2/h3-16,24-25H,1-2H3,(H,29,34)/t24-,25-/m1/s1. The summed E-state index contributed by atoms with van der Waals surface area (Å²) in [7, 11) is 3.28. The Morgan fingerprint density at radius 2 is 1.74 bits per heavy atom. The largest absolute Gasteiger partial charge is 0.495 e. The Morgan fingerprint density at radius 1 is 0.941 bits per heavy atom. The Bertz CT molecular complexity index is 1330. The van der Waals surface area contributed by atoms with E-state index in [4.69, 9.17) is 33.3 Å². The van der Waals surface area contributed by atoms with Gasteiger partial charge in [-0.2, -0.15) is 0 Å². The summed E-state index contributed by atoms with van der Waals surface area (Å²) in [6.45, 7) is 0. The van der Waals surface area contributed by atoms with Gasteiger partial charge in [0.2, 0.25) is 0 Å².